The number of carboxylic acid groups (broad SMARTS) is 1. The van der Waals surface area contributed by atoms with Gasteiger partial charge in [0.15, 0.2) is 0 Å². The molecule has 0 aromatic rings. The van der Waals surface area contributed by atoms with Crippen molar-refractivity contribution in [3.63, 3.8) is 0 Å². The molecule has 6 heteroatoms. The van der Waals surface area contributed by atoms with E-state index in [1.807, 2.05) is 0 Å². The van der Waals surface area contributed by atoms with Crippen LogP contribution < -0.4 is 0 Å². The SMILES string of the molecule is C=C1CCC(OC(=O)C=CC=CC=CC=CC(=O)O)C(OC)C1C1(C)OC1CC=C(C)C. The van der Waals surface area contributed by atoms with Crippen LogP contribution in [0, 0.1) is 5.92 Å². The van der Waals surface area contributed by atoms with Crippen LogP contribution in [-0.2, 0) is 23.8 Å². The minimum Gasteiger partial charge on any atom is -0.478 e. The third kappa shape index (κ3) is 7.18. The van der Waals surface area contributed by atoms with Gasteiger partial charge in [0, 0.05) is 25.2 Å². The van der Waals surface area contributed by atoms with E-state index in [0.717, 1.165) is 24.5 Å². The molecule has 1 saturated carbocycles. The fraction of sp³-hybridized carbons (Fsp3) is 0.462. The summed E-state index contributed by atoms with van der Waals surface area (Å²) in [5.41, 5.74) is 1.97. The van der Waals surface area contributed by atoms with Gasteiger partial charge in [-0.3, -0.25) is 0 Å². The van der Waals surface area contributed by atoms with E-state index in [1.54, 1.807) is 37.5 Å². The Labute approximate surface area is 190 Å². The third-order valence-corrected chi connectivity index (χ3v) is 5.79. The minimum absolute atomic E-state index is 0.0394. The topological polar surface area (TPSA) is 85.4 Å². The van der Waals surface area contributed by atoms with Crippen molar-refractivity contribution < 1.29 is 28.9 Å². The molecule has 2 fully saturated rings. The lowest BCUT2D eigenvalue weighted by molar-refractivity contribution is -0.156. The lowest BCUT2D eigenvalue weighted by Crippen LogP contribution is -2.48. The van der Waals surface area contributed by atoms with Gasteiger partial charge in [0.2, 0.25) is 0 Å². The normalized spacial score (nSPS) is 30.4. The molecule has 6 nitrogen and oxygen atoms in total. The molecule has 1 aliphatic carbocycles. The molecule has 0 aromatic heterocycles. The smallest absolute Gasteiger partial charge is 0.331 e. The monoisotopic (exact) mass is 442 g/mol. The highest BCUT2D eigenvalue weighted by atomic mass is 16.6. The molecule has 174 valence electrons. The van der Waals surface area contributed by atoms with Crippen molar-refractivity contribution in [3.05, 3.63) is 72.4 Å². The van der Waals surface area contributed by atoms with Crippen LogP contribution in [0.3, 0.4) is 0 Å². The second kappa shape index (κ2) is 11.8. The van der Waals surface area contributed by atoms with Gasteiger partial charge in [-0.05, 0) is 40.0 Å². The second-order valence-corrected chi connectivity index (χ2v) is 8.48. The van der Waals surface area contributed by atoms with E-state index in [1.165, 1.54) is 17.7 Å². The molecule has 32 heavy (non-hydrogen) atoms. The van der Waals surface area contributed by atoms with Gasteiger partial charge >= 0.3 is 11.9 Å². The van der Waals surface area contributed by atoms with Crippen LogP contribution in [-0.4, -0.2) is 48.1 Å². The van der Waals surface area contributed by atoms with E-state index in [0.29, 0.717) is 6.42 Å². The van der Waals surface area contributed by atoms with Crippen LogP contribution in [0.25, 0.3) is 0 Å². The van der Waals surface area contributed by atoms with Crippen molar-refractivity contribution in [2.24, 2.45) is 5.92 Å². The van der Waals surface area contributed by atoms with Gasteiger partial charge in [0.25, 0.3) is 0 Å². The maximum absolute atomic E-state index is 12.3. The van der Waals surface area contributed by atoms with Crippen molar-refractivity contribution in [1.29, 1.82) is 0 Å². The number of carboxylic acids is 1. The van der Waals surface area contributed by atoms with Gasteiger partial charge in [-0.25, -0.2) is 9.59 Å². The van der Waals surface area contributed by atoms with E-state index >= 15 is 0 Å². The van der Waals surface area contributed by atoms with E-state index in [9.17, 15) is 9.59 Å². The van der Waals surface area contributed by atoms with Gasteiger partial charge in [0.1, 0.15) is 17.8 Å². The summed E-state index contributed by atoms with van der Waals surface area (Å²) in [5, 5.41) is 8.50. The lowest BCUT2D eigenvalue weighted by atomic mass is 9.72. The Morgan fingerprint density at radius 2 is 1.78 bits per heavy atom. The number of ether oxygens (including phenoxy) is 3. The lowest BCUT2D eigenvalue weighted by Gasteiger charge is -2.40. The summed E-state index contributed by atoms with van der Waals surface area (Å²) in [5.74, 6) is -1.48. The van der Waals surface area contributed by atoms with E-state index in [4.69, 9.17) is 19.3 Å². The third-order valence-electron chi connectivity index (χ3n) is 5.79. The number of carbonyl (C=O) groups is 2. The molecular weight excluding hydrogens is 408 g/mol. The summed E-state index contributed by atoms with van der Waals surface area (Å²) >= 11 is 0. The summed E-state index contributed by atoms with van der Waals surface area (Å²) in [6.07, 6.45) is 15.9. The quantitative estimate of drug-likeness (QED) is 0.173. The highest BCUT2D eigenvalue weighted by molar-refractivity contribution is 5.82. The van der Waals surface area contributed by atoms with Gasteiger partial charge in [-0.15, -0.1) is 0 Å². The number of carbonyl (C=O) groups excluding carboxylic acids is 1. The fourth-order valence-electron chi connectivity index (χ4n) is 4.13. The number of epoxide rings is 1. The predicted molar refractivity (Wildman–Crippen MR) is 124 cm³/mol. The molecule has 1 saturated heterocycles. The first-order valence-corrected chi connectivity index (χ1v) is 10.8. The van der Waals surface area contributed by atoms with Crippen LogP contribution >= 0.6 is 0 Å². The fourth-order valence-corrected chi connectivity index (χ4v) is 4.13. The zero-order chi connectivity index (χ0) is 23.7. The number of rotatable bonds is 10. The summed E-state index contributed by atoms with van der Waals surface area (Å²) in [6, 6.07) is 0. The summed E-state index contributed by atoms with van der Waals surface area (Å²) in [4.78, 5) is 22.7. The Balaban J connectivity index is 1.95. The molecule has 1 heterocycles. The van der Waals surface area contributed by atoms with Gasteiger partial charge < -0.3 is 19.3 Å². The summed E-state index contributed by atoms with van der Waals surface area (Å²) in [6.45, 7) is 10.5. The Morgan fingerprint density at radius 3 is 2.38 bits per heavy atom. The first-order chi connectivity index (χ1) is 15.2. The van der Waals surface area contributed by atoms with Crippen molar-refractivity contribution in [2.45, 2.75) is 63.9 Å². The average Bonchev–Trinajstić information content (AvgIpc) is 3.39. The van der Waals surface area contributed by atoms with E-state index in [-0.39, 0.29) is 29.8 Å². The number of hydrogen-bond donors (Lipinski definition) is 1. The number of esters is 1. The van der Waals surface area contributed by atoms with Crippen molar-refractivity contribution in [2.75, 3.05) is 7.11 Å². The van der Waals surface area contributed by atoms with Crippen molar-refractivity contribution in [1.82, 2.24) is 0 Å². The summed E-state index contributed by atoms with van der Waals surface area (Å²) in [7, 11) is 1.64. The molecule has 1 aliphatic heterocycles. The number of allylic oxidation sites excluding steroid dienone is 7. The zero-order valence-electron chi connectivity index (χ0n) is 19.3. The highest BCUT2D eigenvalue weighted by Crippen LogP contribution is 2.52. The zero-order valence-corrected chi connectivity index (χ0v) is 19.3. The van der Waals surface area contributed by atoms with Crippen LogP contribution in [0.1, 0.15) is 40.0 Å². The van der Waals surface area contributed by atoms with E-state index in [2.05, 4.69) is 33.4 Å². The number of hydrogen-bond acceptors (Lipinski definition) is 5. The van der Waals surface area contributed by atoms with Crippen LogP contribution in [0.4, 0.5) is 0 Å². The summed E-state index contributed by atoms with van der Waals surface area (Å²) < 4.78 is 17.6. The van der Waals surface area contributed by atoms with Gasteiger partial charge in [0.05, 0.1) is 6.10 Å². The molecule has 0 aromatic carbocycles. The Bertz CT molecular complexity index is 842. The molecule has 5 atom stereocenters. The number of aliphatic carboxylic acids is 1. The molecular formula is C26H34O6. The number of methoxy groups -OCH3 is 1. The molecule has 0 spiro atoms. The Kier molecular flexibility index (Phi) is 9.42. The first kappa shape index (κ1) is 25.6. The Hall–Kier alpha value is -2.70. The average molecular weight is 443 g/mol. The largest absolute Gasteiger partial charge is 0.478 e. The molecule has 2 rings (SSSR count). The maximum atomic E-state index is 12.3. The van der Waals surface area contributed by atoms with Gasteiger partial charge in [-0.2, -0.15) is 0 Å². The molecule has 1 N–H and O–H groups in total. The second-order valence-electron chi connectivity index (χ2n) is 8.48. The molecule has 0 bridgehead atoms. The van der Waals surface area contributed by atoms with Crippen LogP contribution in [0.2, 0.25) is 0 Å². The van der Waals surface area contributed by atoms with Crippen molar-refractivity contribution in [3.8, 4) is 0 Å². The van der Waals surface area contributed by atoms with E-state index < -0.39 is 11.9 Å². The predicted octanol–water partition coefficient (Wildman–Crippen LogP) is 4.70. The van der Waals surface area contributed by atoms with Gasteiger partial charge in [-0.1, -0.05) is 60.3 Å². The standard InChI is InChI=1S/C26H34O6/c1-18(2)14-17-21-26(4,32-21)24-19(3)15-16-20(25(24)30-5)31-23(29)13-11-9-7-6-8-10-12-22(27)28/h6-14,20-21,24-25H,3,15-17H2,1-2,4-5H3,(H,27,28). The molecule has 0 radical (unpaired) electrons. The minimum atomic E-state index is -1.00. The molecule has 5 unspecified atom stereocenters. The Morgan fingerprint density at radius 1 is 1.16 bits per heavy atom. The van der Waals surface area contributed by atoms with Crippen LogP contribution in [0.5, 0.6) is 0 Å². The maximum Gasteiger partial charge on any atom is 0.331 e. The van der Waals surface area contributed by atoms with Crippen molar-refractivity contribution >= 4 is 11.9 Å². The highest BCUT2D eigenvalue weighted by Gasteiger charge is 2.61. The first-order valence-electron chi connectivity index (χ1n) is 10.8. The van der Waals surface area contributed by atoms with Crippen LogP contribution in [0.15, 0.2) is 72.4 Å². The molecule has 0 amide bonds. The molecule has 2 aliphatic rings.